The lowest BCUT2D eigenvalue weighted by atomic mass is 9.67. The van der Waals surface area contributed by atoms with Gasteiger partial charge in [-0.3, -0.25) is 0 Å². The highest BCUT2D eigenvalue weighted by Crippen LogP contribution is 2.64. The van der Waals surface area contributed by atoms with Gasteiger partial charge in [-0.2, -0.15) is 0 Å². The van der Waals surface area contributed by atoms with Crippen molar-refractivity contribution in [1.82, 2.24) is 0 Å². The normalized spacial score (nSPS) is 16.3. The van der Waals surface area contributed by atoms with E-state index in [4.69, 9.17) is 0 Å². The van der Waals surface area contributed by atoms with Gasteiger partial charge in [0.15, 0.2) is 0 Å². The molecule has 2 atom stereocenters. The molecule has 0 heterocycles. The van der Waals surface area contributed by atoms with Crippen LogP contribution in [0.15, 0.2) is 291 Å². The molecule has 0 amide bonds. The van der Waals surface area contributed by atoms with Crippen molar-refractivity contribution in [1.29, 1.82) is 0 Å². The summed E-state index contributed by atoms with van der Waals surface area (Å²) in [6, 6.07) is 115. The van der Waals surface area contributed by atoms with Gasteiger partial charge in [0.05, 0.1) is 10.8 Å². The molecule has 5 aliphatic rings. The average Bonchev–Trinajstić information content (AvgIpc) is 1.54. The Kier molecular flexibility index (Phi) is 26.6. The van der Waals surface area contributed by atoms with E-state index in [-0.39, 0.29) is 38.6 Å². The predicted molar refractivity (Wildman–Crippen MR) is 575 cm³/mol. The zero-order chi connectivity index (χ0) is 93.4. The molecule has 0 spiro atoms. The molecule has 0 saturated carbocycles. The van der Waals surface area contributed by atoms with E-state index < -0.39 is 10.8 Å². The smallest absolute Gasteiger partial charge is 0.115 e. The third-order valence-electron chi connectivity index (χ3n) is 33.2. The van der Waals surface area contributed by atoms with Gasteiger partial charge in [0, 0.05) is 16.2 Å². The second-order valence-electron chi connectivity index (χ2n) is 43.5. The lowest BCUT2D eigenvalue weighted by molar-refractivity contribution is 0.401. The first-order valence-corrected chi connectivity index (χ1v) is 52.9. The highest BCUT2D eigenvalue weighted by molar-refractivity contribution is 5.95. The van der Waals surface area contributed by atoms with Crippen molar-refractivity contribution in [2.24, 2.45) is 0 Å². The summed E-state index contributed by atoms with van der Waals surface area (Å²) in [6.07, 6.45) is 36.3. The Morgan fingerprint density at radius 1 is 0.185 bits per heavy atom. The summed E-state index contributed by atoms with van der Waals surface area (Å²) in [7, 11) is 0. The maximum atomic E-state index is 11.0. The summed E-state index contributed by atoms with van der Waals surface area (Å²) in [4.78, 5) is 0. The van der Waals surface area contributed by atoms with Crippen LogP contribution in [0.1, 0.15) is 365 Å². The van der Waals surface area contributed by atoms with E-state index in [0.29, 0.717) is 0 Å². The Morgan fingerprint density at radius 3 is 0.667 bits per heavy atom. The minimum atomic E-state index is -0.623. The average molecular weight is 1780 g/mol. The van der Waals surface area contributed by atoms with Crippen LogP contribution in [-0.4, -0.2) is 10.2 Å². The molecule has 2 unspecified atom stereocenters. The van der Waals surface area contributed by atoms with Gasteiger partial charge in [0.1, 0.15) is 11.5 Å². The first kappa shape index (κ1) is 92.7. The van der Waals surface area contributed by atoms with Crippen LogP contribution in [0.25, 0.3) is 100 Å². The topological polar surface area (TPSA) is 40.5 Å². The second-order valence-corrected chi connectivity index (χ2v) is 43.5. The fourth-order valence-electron chi connectivity index (χ4n) is 26.0. The maximum Gasteiger partial charge on any atom is 0.115 e. The zero-order valence-electron chi connectivity index (χ0n) is 83.3. The number of benzene rings is 14. The minimum absolute atomic E-state index is 0.000517. The van der Waals surface area contributed by atoms with Gasteiger partial charge in [-0.05, 0) is 311 Å². The van der Waals surface area contributed by atoms with Crippen molar-refractivity contribution in [3.8, 4) is 112 Å². The molecule has 135 heavy (non-hydrogen) atoms. The number of hydrogen-bond acceptors (Lipinski definition) is 2. The third-order valence-corrected chi connectivity index (χ3v) is 33.2. The predicted octanol–water partition coefficient (Wildman–Crippen LogP) is 37.7. The van der Waals surface area contributed by atoms with Crippen molar-refractivity contribution in [3.05, 3.63) is 380 Å². The molecule has 0 aromatic heterocycles. The van der Waals surface area contributed by atoms with Gasteiger partial charge >= 0.3 is 0 Å². The summed E-state index contributed by atoms with van der Waals surface area (Å²) in [5.41, 5.74) is 44.0. The molecule has 2 N–H and O–H groups in total. The fraction of sp³-hybridized carbons (Fsp3) is 0.368. The minimum Gasteiger partial charge on any atom is -0.508 e. The van der Waals surface area contributed by atoms with Crippen molar-refractivity contribution >= 4 is 0 Å². The zero-order valence-corrected chi connectivity index (χ0v) is 83.3. The second kappa shape index (κ2) is 38.7. The molecule has 0 saturated heterocycles. The molecule has 14 aromatic carbocycles. The molecule has 5 aliphatic carbocycles. The number of hydrogen-bond donors (Lipinski definition) is 2. The number of phenols is 2. The Balaban J connectivity index is 0.718. The van der Waals surface area contributed by atoms with Gasteiger partial charge in [0.2, 0.25) is 0 Å². The van der Waals surface area contributed by atoms with E-state index in [2.05, 4.69) is 350 Å². The molecule has 2 nitrogen and oxygen atoms in total. The van der Waals surface area contributed by atoms with Crippen LogP contribution < -0.4 is 0 Å². The first-order valence-electron chi connectivity index (χ1n) is 52.9. The molecule has 0 bridgehead atoms. The van der Waals surface area contributed by atoms with Gasteiger partial charge in [-0.1, -0.05) is 456 Å². The molecule has 2 heteroatoms. The lowest BCUT2D eigenvalue weighted by Gasteiger charge is -2.35. The highest BCUT2D eigenvalue weighted by Gasteiger charge is 2.51. The number of phenolic OH excluding ortho intramolecular Hbond substituents is 2. The van der Waals surface area contributed by atoms with E-state index in [1.807, 2.05) is 24.3 Å². The fourth-order valence-corrected chi connectivity index (χ4v) is 26.0. The Bertz CT molecular complexity index is 6570. The summed E-state index contributed by atoms with van der Waals surface area (Å²) < 4.78 is 0. The van der Waals surface area contributed by atoms with E-state index in [9.17, 15) is 10.2 Å². The number of rotatable bonds is 38. The summed E-state index contributed by atoms with van der Waals surface area (Å²) in [5, 5.41) is 21.9. The van der Waals surface area contributed by atoms with Gasteiger partial charge in [0.25, 0.3) is 0 Å². The molecule has 0 radical (unpaired) electrons. The molecule has 0 aliphatic heterocycles. The maximum absolute atomic E-state index is 11.0. The number of fused-ring (bicyclic) bond motifs is 15. The van der Waals surface area contributed by atoms with Gasteiger partial charge in [-0.25, -0.2) is 0 Å². The summed E-state index contributed by atoms with van der Waals surface area (Å²) in [5.74, 6) is 0.555. The van der Waals surface area contributed by atoms with Crippen molar-refractivity contribution in [3.63, 3.8) is 0 Å². The van der Waals surface area contributed by atoms with Gasteiger partial charge in [-0.15, -0.1) is 0 Å². The largest absolute Gasteiger partial charge is 0.508 e. The third kappa shape index (κ3) is 16.5. The monoisotopic (exact) mass is 1780 g/mol. The van der Waals surface area contributed by atoms with Gasteiger partial charge < -0.3 is 10.2 Å². The summed E-state index contributed by atoms with van der Waals surface area (Å²) >= 11 is 0. The van der Waals surface area contributed by atoms with Crippen LogP contribution in [0.3, 0.4) is 0 Å². The standard InChI is InChI=1S/C133H146O2/c1-13-19-25-35-77-129(78-36-26-20-14-2)117-76-52-91(83-116(117)115-75-51-96(88-124(115)129)98-50-74-114-108-42-32-34-44-119(108)133(126(114)90-98,104-63-67-106(135)68-64-104)102-59-55-100(56-60-102)128(10,11)12)92-45-69-109-110-70-46-93(85-121(110)130(120(109)84-92,79-37-27-21-15-3)80-38-28-22-16-4)94-47-71-111-112-72-48-95(87-123(112)131(122(111)86-94,81-39-29-23-17-5)82-40-30-24-18-6)97-49-73-113-107-41-31-33-43-118(107)132(125(113)89-97,103-61-65-105(134)66-62-103)101-57-53-99(54-58-101)127(7,8)9/h31-34,41-76,83-90,134-135H,13-30,35-40,77-82H2,1-12H3. The quantitative estimate of drug-likeness (QED) is 0.0379. The molecule has 0 fully saturated rings. The molecule has 14 aromatic rings. The van der Waals surface area contributed by atoms with E-state index >= 15 is 0 Å². The van der Waals surface area contributed by atoms with Crippen LogP contribution in [-0.2, 0) is 37.9 Å². The molecule has 690 valence electrons. The van der Waals surface area contributed by atoms with Crippen molar-refractivity contribution in [2.75, 3.05) is 0 Å². The number of unbranched alkanes of at least 4 members (excludes halogenated alkanes) is 18. The van der Waals surface area contributed by atoms with Crippen LogP contribution in [0.5, 0.6) is 11.5 Å². The summed E-state index contributed by atoms with van der Waals surface area (Å²) in [6.45, 7) is 28.1. The SMILES string of the molecule is CCCCCCC1(CCCCCC)c2ccc(-c3ccc4c(c3)C(CCCCCC)(CCCCCC)c3cc(-c5ccc6c(c5)C(CCCCCC)(CCCCCC)c5cc(-c7ccc8c(c7)C(c7ccc(O)cc7)(c7ccc(C(C)(C)C)cc7)c7ccccc7-8)ccc5-6)ccc3-4)cc2-c2ccc(-c3ccc4c(c3)C(c3ccc(O)cc3)(c3ccc(C(C)(C)C)cc3)c3ccccc3-4)cc21. The lowest BCUT2D eigenvalue weighted by Crippen LogP contribution is -2.29. The Labute approximate surface area is 810 Å². The molecular weight excluding hydrogens is 1630 g/mol. The van der Waals surface area contributed by atoms with Crippen molar-refractivity contribution < 1.29 is 10.2 Å². The Hall–Kier alpha value is -11.3. The molecule has 19 rings (SSSR count). The molecular formula is C133H146O2. The highest BCUT2D eigenvalue weighted by atomic mass is 16.3. The van der Waals surface area contributed by atoms with E-state index in [0.717, 1.165) is 49.7 Å². The van der Waals surface area contributed by atoms with E-state index in [1.165, 1.54) is 321 Å². The van der Waals surface area contributed by atoms with Crippen LogP contribution >= 0.6 is 0 Å². The van der Waals surface area contributed by atoms with Crippen LogP contribution in [0, 0.1) is 0 Å². The van der Waals surface area contributed by atoms with Crippen molar-refractivity contribution in [2.45, 2.75) is 314 Å². The van der Waals surface area contributed by atoms with Crippen LogP contribution in [0.2, 0.25) is 0 Å². The van der Waals surface area contributed by atoms with E-state index in [1.54, 1.807) is 11.1 Å². The Morgan fingerprint density at radius 2 is 0.400 bits per heavy atom. The number of aromatic hydroxyl groups is 2. The first-order chi connectivity index (χ1) is 65.7. The van der Waals surface area contributed by atoms with Crippen LogP contribution in [0.4, 0.5) is 0 Å².